The summed E-state index contributed by atoms with van der Waals surface area (Å²) in [6.45, 7) is 4.10. The third-order valence-electron chi connectivity index (χ3n) is 3.93. The smallest absolute Gasteiger partial charge is 0.255 e. The Kier molecular flexibility index (Phi) is 7.47. The molecule has 0 radical (unpaired) electrons. The Balaban J connectivity index is 1.85. The van der Waals surface area contributed by atoms with Crippen LogP contribution in [0, 0.1) is 0 Å². The minimum Gasteiger partial charge on any atom is -0.484 e. The molecule has 1 aromatic carbocycles. The number of nitrogens with two attached hydrogens (primary N) is 1. The van der Waals surface area contributed by atoms with Crippen molar-refractivity contribution in [1.82, 2.24) is 4.90 Å². The average molecular weight is 346 g/mol. The highest BCUT2D eigenvalue weighted by Crippen LogP contribution is 2.16. The first-order chi connectivity index (χ1) is 12.1. The summed E-state index contributed by atoms with van der Waals surface area (Å²) in [6, 6.07) is 7.12. The van der Waals surface area contributed by atoms with Gasteiger partial charge in [0.25, 0.3) is 5.91 Å². The molecule has 1 aliphatic rings. The predicted molar refractivity (Wildman–Crippen MR) is 96.0 cm³/mol. The predicted octanol–water partition coefficient (Wildman–Crippen LogP) is 1.98. The van der Waals surface area contributed by atoms with Crippen LogP contribution in [0.2, 0.25) is 0 Å². The molecule has 0 bridgehead atoms. The normalized spacial score (nSPS) is 17.6. The van der Waals surface area contributed by atoms with Crippen LogP contribution in [-0.2, 0) is 14.3 Å². The van der Waals surface area contributed by atoms with Gasteiger partial charge in [-0.25, -0.2) is 0 Å². The summed E-state index contributed by atoms with van der Waals surface area (Å²) < 4.78 is 11.0. The van der Waals surface area contributed by atoms with E-state index in [1.165, 1.54) is 0 Å². The fraction of sp³-hybridized carbons (Fsp3) is 0.474. The van der Waals surface area contributed by atoms with Crippen molar-refractivity contribution in [2.75, 3.05) is 26.3 Å². The summed E-state index contributed by atoms with van der Waals surface area (Å²) in [7, 11) is 0. The molecular weight excluding hydrogens is 320 g/mol. The highest BCUT2D eigenvalue weighted by molar-refractivity contribution is 5.91. The summed E-state index contributed by atoms with van der Waals surface area (Å²) in [5.41, 5.74) is 5.92. The van der Waals surface area contributed by atoms with Gasteiger partial charge in [0.05, 0.1) is 6.10 Å². The van der Waals surface area contributed by atoms with E-state index in [9.17, 15) is 9.59 Å². The van der Waals surface area contributed by atoms with Gasteiger partial charge in [-0.15, -0.1) is 0 Å². The fourth-order valence-corrected chi connectivity index (χ4v) is 2.66. The zero-order chi connectivity index (χ0) is 18.1. The number of carbonyl (C=O) groups is 2. The lowest BCUT2D eigenvalue weighted by Gasteiger charge is -2.32. The molecule has 0 saturated carbocycles. The number of likely N-dealkylation sites (tertiary alicyclic amines) is 1. The van der Waals surface area contributed by atoms with Crippen LogP contribution >= 0.6 is 0 Å². The maximum absolute atomic E-state index is 12.3. The van der Waals surface area contributed by atoms with E-state index >= 15 is 0 Å². The van der Waals surface area contributed by atoms with Crippen molar-refractivity contribution < 1.29 is 19.1 Å². The van der Waals surface area contributed by atoms with Crippen LogP contribution < -0.4 is 10.5 Å². The Labute approximate surface area is 148 Å². The van der Waals surface area contributed by atoms with Crippen molar-refractivity contribution in [1.29, 1.82) is 0 Å². The molecule has 136 valence electrons. The summed E-state index contributed by atoms with van der Waals surface area (Å²) in [5, 5.41) is 0. The lowest BCUT2D eigenvalue weighted by atomic mass is 10.1. The number of hydrogen-bond donors (Lipinski definition) is 1. The summed E-state index contributed by atoms with van der Waals surface area (Å²) in [6.07, 6.45) is 6.48. The minimum atomic E-state index is -0.516. The Bertz CT molecular complexity index is 598. The topological polar surface area (TPSA) is 81.9 Å². The molecule has 2 rings (SSSR count). The number of ether oxygens (including phenoxy) is 2. The number of piperidine rings is 1. The van der Waals surface area contributed by atoms with Gasteiger partial charge in [0.1, 0.15) is 5.75 Å². The first kappa shape index (κ1) is 19.0. The molecule has 2 amide bonds. The van der Waals surface area contributed by atoms with E-state index in [1.54, 1.807) is 24.3 Å². The zero-order valence-corrected chi connectivity index (χ0v) is 14.6. The van der Waals surface area contributed by atoms with Crippen molar-refractivity contribution in [2.24, 2.45) is 5.73 Å². The molecule has 1 saturated heterocycles. The van der Waals surface area contributed by atoms with E-state index in [0.29, 0.717) is 12.3 Å². The highest BCUT2D eigenvalue weighted by Gasteiger charge is 2.22. The Morgan fingerprint density at radius 3 is 2.76 bits per heavy atom. The SMILES string of the molecule is CCCO[C@H]1CCCN(C(=O)/C=C/c2ccc(OCC(N)=O)cc2)C1. The molecule has 25 heavy (non-hydrogen) atoms. The Hall–Kier alpha value is -2.34. The van der Waals surface area contributed by atoms with Crippen molar-refractivity contribution >= 4 is 17.9 Å². The van der Waals surface area contributed by atoms with Crippen LogP contribution in [0.5, 0.6) is 5.75 Å². The van der Waals surface area contributed by atoms with Crippen molar-refractivity contribution in [3.63, 3.8) is 0 Å². The van der Waals surface area contributed by atoms with Gasteiger partial charge in [-0.2, -0.15) is 0 Å². The number of benzene rings is 1. The van der Waals surface area contributed by atoms with E-state index < -0.39 is 5.91 Å². The molecule has 1 atom stereocenters. The van der Waals surface area contributed by atoms with Crippen molar-refractivity contribution in [2.45, 2.75) is 32.3 Å². The lowest BCUT2D eigenvalue weighted by Crippen LogP contribution is -2.42. The molecule has 1 heterocycles. The van der Waals surface area contributed by atoms with Crippen molar-refractivity contribution in [3.05, 3.63) is 35.9 Å². The third-order valence-corrected chi connectivity index (χ3v) is 3.93. The second kappa shape index (κ2) is 9.84. The summed E-state index contributed by atoms with van der Waals surface area (Å²) in [4.78, 5) is 24.9. The molecule has 2 N–H and O–H groups in total. The summed E-state index contributed by atoms with van der Waals surface area (Å²) >= 11 is 0. The molecule has 6 nitrogen and oxygen atoms in total. The molecule has 6 heteroatoms. The molecule has 0 aliphatic carbocycles. The van der Waals surface area contributed by atoms with Gasteiger partial charge in [0.15, 0.2) is 6.61 Å². The number of nitrogens with zero attached hydrogens (tertiary/aromatic N) is 1. The largest absolute Gasteiger partial charge is 0.484 e. The van der Waals surface area contributed by atoms with Gasteiger partial charge in [-0.1, -0.05) is 19.1 Å². The van der Waals surface area contributed by atoms with Gasteiger partial charge < -0.3 is 20.1 Å². The average Bonchev–Trinajstić information content (AvgIpc) is 2.63. The van der Waals surface area contributed by atoms with E-state index in [4.69, 9.17) is 15.2 Å². The standard InChI is InChI=1S/C19H26N2O4/c1-2-12-24-17-4-3-11-21(13-17)19(23)10-7-15-5-8-16(9-6-15)25-14-18(20)22/h5-10,17H,2-4,11-14H2,1H3,(H2,20,22)/b10-7+/t17-/m0/s1. The molecule has 1 fully saturated rings. The van der Waals surface area contributed by atoms with E-state index in [0.717, 1.165) is 38.0 Å². The van der Waals surface area contributed by atoms with Crippen LogP contribution in [0.3, 0.4) is 0 Å². The minimum absolute atomic E-state index is 0.00106. The van der Waals surface area contributed by atoms with Gasteiger partial charge in [-0.3, -0.25) is 9.59 Å². The maximum atomic E-state index is 12.3. The van der Waals surface area contributed by atoms with Crippen LogP contribution in [0.25, 0.3) is 6.08 Å². The maximum Gasteiger partial charge on any atom is 0.255 e. The molecular formula is C19H26N2O4. The number of carbonyl (C=O) groups excluding carboxylic acids is 2. The third kappa shape index (κ3) is 6.58. The van der Waals surface area contributed by atoms with Crippen LogP contribution in [-0.4, -0.2) is 49.1 Å². The second-order valence-corrected chi connectivity index (χ2v) is 6.08. The first-order valence-corrected chi connectivity index (χ1v) is 8.68. The van der Waals surface area contributed by atoms with E-state index in [1.807, 2.05) is 17.0 Å². The number of primary amides is 1. The van der Waals surface area contributed by atoms with Gasteiger partial charge in [-0.05, 0) is 43.0 Å². The summed E-state index contributed by atoms with van der Waals surface area (Å²) in [5.74, 6) is 0.0467. The zero-order valence-electron chi connectivity index (χ0n) is 14.6. The molecule has 1 aromatic rings. The van der Waals surface area contributed by atoms with E-state index in [2.05, 4.69) is 6.92 Å². The molecule has 0 spiro atoms. The lowest BCUT2D eigenvalue weighted by molar-refractivity contribution is -0.130. The number of rotatable bonds is 8. The van der Waals surface area contributed by atoms with E-state index in [-0.39, 0.29) is 18.6 Å². The van der Waals surface area contributed by atoms with Gasteiger partial charge in [0, 0.05) is 25.8 Å². The molecule has 0 unspecified atom stereocenters. The number of amides is 2. The van der Waals surface area contributed by atoms with Crippen LogP contribution in [0.1, 0.15) is 31.7 Å². The highest BCUT2D eigenvalue weighted by atomic mass is 16.5. The van der Waals surface area contributed by atoms with Gasteiger partial charge in [0.2, 0.25) is 5.91 Å². The monoisotopic (exact) mass is 346 g/mol. The first-order valence-electron chi connectivity index (χ1n) is 8.68. The Morgan fingerprint density at radius 2 is 2.08 bits per heavy atom. The fourth-order valence-electron chi connectivity index (χ4n) is 2.66. The van der Waals surface area contributed by atoms with Crippen LogP contribution in [0.15, 0.2) is 30.3 Å². The van der Waals surface area contributed by atoms with Gasteiger partial charge >= 0.3 is 0 Å². The Morgan fingerprint density at radius 1 is 1.32 bits per heavy atom. The quantitative estimate of drug-likeness (QED) is 0.730. The second-order valence-electron chi connectivity index (χ2n) is 6.08. The molecule has 0 aromatic heterocycles. The van der Waals surface area contributed by atoms with Crippen molar-refractivity contribution in [3.8, 4) is 5.75 Å². The molecule has 1 aliphatic heterocycles. The number of hydrogen-bond acceptors (Lipinski definition) is 4. The van der Waals surface area contributed by atoms with Crippen LogP contribution in [0.4, 0.5) is 0 Å².